The number of nitro benzene ring substituents is 1. The maximum absolute atomic E-state index is 12.4. The van der Waals surface area contributed by atoms with Crippen LogP contribution < -0.4 is 5.32 Å². The Kier molecular flexibility index (Phi) is 7.84. The van der Waals surface area contributed by atoms with Crippen molar-refractivity contribution in [3.8, 4) is 0 Å². The minimum atomic E-state index is -0.455. The fraction of sp³-hybridized carbons (Fsp3) is 0.409. The van der Waals surface area contributed by atoms with Gasteiger partial charge in [-0.2, -0.15) is 0 Å². The number of likely N-dealkylation sites (N-methyl/N-ethyl adjacent to an activating group) is 1. The zero-order valence-electron chi connectivity index (χ0n) is 17.5. The van der Waals surface area contributed by atoms with Gasteiger partial charge in [-0.1, -0.05) is 31.2 Å². The van der Waals surface area contributed by atoms with Gasteiger partial charge < -0.3 is 10.2 Å². The molecule has 0 saturated carbocycles. The Morgan fingerprint density at radius 2 is 1.70 bits per heavy atom. The van der Waals surface area contributed by atoms with E-state index in [0.29, 0.717) is 17.0 Å². The molecule has 1 heterocycles. The molecule has 1 aliphatic rings. The summed E-state index contributed by atoms with van der Waals surface area (Å²) in [5, 5.41) is 14.0. The summed E-state index contributed by atoms with van der Waals surface area (Å²) in [6.45, 7) is 9.06. The number of benzene rings is 2. The molecule has 160 valence electrons. The smallest absolute Gasteiger partial charge is 0.283 e. The first-order valence-corrected chi connectivity index (χ1v) is 11.4. The summed E-state index contributed by atoms with van der Waals surface area (Å²) < 4.78 is 0. The van der Waals surface area contributed by atoms with Gasteiger partial charge in [0.05, 0.1) is 9.82 Å². The molecular weight excluding hydrogens is 400 g/mol. The van der Waals surface area contributed by atoms with Crippen LogP contribution >= 0.6 is 11.8 Å². The summed E-state index contributed by atoms with van der Waals surface area (Å²) in [4.78, 5) is 28.6. The minimum Gasteiger partial charge on any atom is -0.348 e. The summed E-state index contributed by atoms with van der Waals surface area (Å²) in [6, 6.07) is 12.8. The lowest BCUT2D eigenvalue weighted by molar-refractivity contribution is -0.387. The predicted octanol–water partition coefficient (Wildman–Crippen LogP) is 3.38. The number of nitrogens with zero attached hydrogens (tertiary/aromatic N) is 3. The second-order valence-electron chi connectivity index (χ2n) is 7.35. The SMILES string of the molecule is CCN1CCN(Cc2ccc(CNC(=O)c3ccc(SC)c([N+](=O)[O-])c3)cc2)CC1. The predicted molar refractivity (Wildman–Crippen MR) is 120 cm³/mol. The van der Waals surface area contributed by atoms with E-state index in [1.807, 2.05) is 12.1 Å². The topological polar surface area (TPSA) is 78.7 Å². The van der Waals surface area contributed by atoms with E-state index < -0.39 is 4.92 Å². The van der Waals surface area contributed by atoms with E-state index in [-0.39, 0.29) is 11.6 Å². The fourth-order valence-electron chi connectivity index (χ4n) is 3.54. The maximum atomic E-state index is 12.4. The number of nitro groups is 1. The van der Waals surface area contributed by atoms with E-state index in [4.69, 9.17) is 0 Å². The highest BCUT2D eigenvalue weighted by Gasteiger charge is 2.17. The molecule has 1 N–H and O–H groups in total. The summed E-state index contributed by atoms with van der Waals surface area (Å²) in [5.74, 6) is -0.316. The van der Waals surface area contributed by atoms with Crippen LogP contribution in [0.4, 0.5) is 5.69 Å². The van der Waals surface area contributed by atoms with Crippen molar-refractivity contribution in [3.63, 3.8) is 0 Å². The van der Waals surface area contributed by atoms with Gasteiger partial charge in [-0.15, -0.1) is 11.8 Å². The standard InChI is InChI=1S/C22H28N4O3S/c1-3-24-10-12-25(13-11-24)16-18-6-4-17(5-7-18)15-23-22(27)19-8-9-21(30-2)20(14-19)26(28)29/h4-9,14H,3,10-13,15-16H2,1-2H3,(H,23,27). The molecule has 1 saturated heterocycles. The van der Waals surface area contributed by atoms with Gasteiger partial charge in [0, 0.05) is 50.9 Å². The van der Waals surface area contributed by atoms with E-state index in [9.17, 15) is 14.9 Å². The van der Waals surface area contributed by atoms with Crippen LogP contribution in [-0.2, 0) is 13.1 Å². The lowest BCUT2D eigenvalue weighted by Crippen LogP contribution is -2.45. The number of amides is 1. The monoisotopic (exact) mass is 428 g/mol. The van der Waals surface area contributed by atoms with Crippen molar-refractivity contribution in [1.29, 1.82) is 0 Å². The summed E-state index contributed by atoms with van der Waals surface area (Å²) >= 11 is 1.29. The van der Waals surface area contributed by atoms with Gasteiger partial charge in [0.15, 0.2) is 0 Å². The summed E-state index contributed by atoms with van der Waals surface area (Å²) in [7, 11) is 0. The Bertz CT molecular complexity index is 880. The van der Waals surface area contributed by atoms with Crippen molar-refractivity contribution < 1.29 is 9.72 Å². The molecule has 1 amide bonds. The highest BCUT2D eigenvalue weighted by atomic mass is 32.2. The molecule has 30 heavy (non-hydrogen) atoms. The molecule has 0 spiro atoms. The zero-order valence-corrected chi connectivity index (χ0v) is 18.3. The van der Waals surface area contributed by atoms with Gasteiger partial charge in [0.1, 0.15) is 0 Å². The molecule has 3 rings (SSSR count). The first-order chi connectivity index (χ1) is 14.5. The number of rotatable bonds is 8. The number of hydrogen-bond donors (Lipinski definition) is 1. The van der Waals surface area contributed by atoms with Gasteiger partial charge >= 0.3 is 0 Å². The molecule has 0 bridgehead atoms. The largest absolute Gasteiger partial charge is 0.348 e. The van der Waals surface area contributed by atoms with Gasteiger partial charge in [-0.25, -0.2) is 0 Å². The third kappa shape index (κ3) is 5.81. The first kappa shape index (κ1) is 22.3. The summed E-state index contributed by atoms with van der Waals surface area (Å²) in [6.07, 6.45) is 1.77. The Morgan fingerprint density at radius 1 is 1.07 bits per heavy atom. The van der Waals surface area contributed by atoms with Crippen molar-refractivity contribution in [2.24, 2.45) is 0 Å². The van der Waals surface area contributed by atoms with Crippen molar-refractivity contribution >= 4 is 23.4 Å². The number of piperazine rings is 1. The van der Waals surface area contributed by atoms with Gasteiger partial charge in [0.25, 0.3) is 11.6 Å². The number of nitrogens with one attached hydrogen (secondary N) is 1. The van der Waals surface area contributed by atoms with Crippen molar-refractivity contribution in [1.82, 2.24) is 15.1 Å². The molecule has 0 unspecified atom stereocenters. The van der Waals surface area contributed by atoms with Crippen LogP contribution in [0.2, 0.25) is 0 Å². The molecule has 1 fully saturated rings. The van der Waals surface area contributed by atoms with Crippen LogP contribution in [0.5, 0.6) is 0 Å². The maximum Gasteiger partial charge on any atom is 0.283 e. The Hall–Kier alpha value is -2.42. The molecule has 8 heteroatoms. The van der Waals surface area contributed by atoms with Crippen molar-refractivity contribution in [3.05, 3.63) is 69.3 Å². The quantitative estimate of drug-likeness (QED) is 0.395. The Morgan fingerprint density at radius 3 is 2.30 bits per heavy atom. The van der Waals surface area contributed by atoms with Gasteiger partial charge in [-0.3, -0.25) is 19.8 Å². The number of carbonyl (C=O) groups excluding carboxylic acids is 1. The second-order valence-corrected chi connectivity index (χ2v) is 8.20. The normalized spacial score (nSPS) is 15.1. The van der Waals surface area contributed by atoms with E-state index in [2.05, 4.69) is 34.2 Å². The van der Waals surface area contributed by atoms with Crippen LogP contribution in [0.25, 0.3) is 0 Å². The Balaban J connectivity index is 1.53. The molecular formula is C22H28N4O3S. The molecule has 1 aliphatic heterocycles. The highest BCUT2D eigenvalue weighted by Crippen LogP contribution is 2.28. The van der Waals surface area contributed by atoms with Gasteiger partial charge in [0.2, 0.25) is 0 Å². The minimum absolute atomic E-state index is 0.0423. The molecule has 0 aliphatic carbocycles. The molecule has 0 radical (unpaired) electrons. The van der Waals surface area contributed by atoms with E-state index in [1.54, 1.807) is 18.4 Å². The van der Waals surface area contributed by atoms with E-state index in [0.717, 1.165) is 44.8 Å². The fourth-order valence-corrected chi connectivity index (χ4v) is 4.09. The van der Waals surface area contributed by atoms with Crippen LogP contribution in [0, 0.1) is 10.1 Å². The third-order valence-electron chi connectivity index (χ3n) is 5.43. The first-order valence-electron chi connectivity index (χ1n) is 10.1. The molecule has 2 aromatic rings. The summed E-state index contributed by atoms with van der Waals surface area (Å²) in [5.41, 5.74) is 2.51. The lowest BCUT2D eigenvalue weighted by atomic mass is 10.1. The van der Waals surface area contributed by atoms with E-state index in [1.165, 1.54) is 23.4 Å². The van der Waals surface area contributed by atoms with Crippen LogP contribution in [-0.4, -0.2) is 59.6 Å². The van der Waals surface area contributed by atoms with Crippen molar-refractivity contribution in [2.45, 2.75) is 24.9 Å². The third-order valence-corrected chi connectivity index (χ3v) is 6.22. The lowest BCUT2D eigenvalue weighted by Gasteiger charge is -2.34. The molecule has 0 atom stereocenters. The molecule has 2 aromatic carbocycles. The Labute approximate surface area is 181 Å². The zero-order chi connectivity index (χ0) is 21.5. The van der Waals surface area contributed by atoms with Gasteiger partial charge in [-0.05, 0) is 36.1 Å². The number of hydrogen-bond acceptors (Lipinski definition) is 6. The van der Waals surface area contributed by atoms with Crippen LogP contribution in [0.15, 0.2) is 47.4 Å². The van der Waals surface area contributed by atoms with Crippen LogP contribution in [0.1, 0.15) is 28.4 Å². The van der Waals surface area contributed by atoms with E-state index >= 15 is 0 Å². The molecule has 7 nitrogen and oxygen atoms in total. The molecule has 0 aromatic heterocycles. The average molecular weight is 429 g/mol. The number of thioether (sulfide) groups is 1. The number of carbonyl (C=O) groups is 1. The average Bonchev–Trinajstić information content (AvgIpc) is 2.78. The second kappa shape index (κ2) is 10.6. The highest BCUT2D eigenvalue weighted by molar-refractivity contribution is 7.98. The van der Waals surface area contributed by atoms with Crippen molar-refractivity contribution in [2.75, 3.05) is 39.0 Å². The van der Waals surface area contributed by atoms with Crippen LogP contribution in [0.3, 0.4) is 0 Å².